The molecule has 0 rings (SSSR count). The van der Waals surface area contributed by atoms with Gasteiger partial charge in [-0.15, -0.1) is 0 Å². The zero-order chi connectivity index (χ0) is 52.2. The monoisotopic (exact) mass is 1010 g/mol. The molecular formula is C66H125NO5. The highest BCUT2D eigenvalue weighted by atomic mass is 16.5. The van der Waals surface area contributed by atoms with Crippen LogP contribution >= 0.6 is 0 Å². The van der Waals surface area contributed by atoms with Gasteiger partial charge in [-0.05, 0) is 83.5 Å². The number of aliphatic hydroxyl groups excluding tert-OH is 2. The Balaban J connectivity index is 3.45. The van der Waals surface area contributed by atoms with Crippen molar-refractivity contribution in [3.63, 3.8) is 0 Å². The molecule has 0 aromatic rings. The summed E-state index contributed by atoms with van der Waals surface area (Å²) in [7, 11) is 0. The summed E-state index contributed by atoms with van der Waals surface area (Å²) < 4.78 is 5.47. The van der Waals surface area contributed by atoms with Crippen molar-refractivity contribution in [3.8, 4) is 0 Å². The minimum absolute atomic E-state index is 0.00963. The maximum Gasteiger partial charge on any atom is 0.305 e. The summed E-state index contributed by atoms with van der Waals surface area (Å²) in [6.45, 7) is 4.93. The summed E-state index contributed by atoms with van der Waals surface area (Å²) in [4.78, 5) is 24.6. The molecule has 2 atom stereocenters. The second-order valence-electron chi connectivity index (χ2n) is 22.1. The average Bonchev–Trinajstić information content (AvgIpc) is 3.38. The van der Waals surface area contributed by atoms with Gasteiger partial charge in [-0.3, -0.25) is 9.59 Å². The van der Waals surface area contributed by atoms with Crippen molar-refractivity contribution in [1.29, 1.82) is 0 Å². The van der Waals surface area contributed by atoms with Crippen LogP contribution in [0.1, 0.15) is 348 Å². The molecule has 1 amide bonds. The van der Waals surface area contributed by atoms with E-state index in [1.807, 2.05) is 0 Å². The Morgan fingerprint density at radius 1 is 0.389 bits per heavy atom. The maximum atomic E-state index is 12.5. The molecule has 0 aliphatic rings. The molecule has 6 heteroatoms. The van der Waals surface area contributed by atoms with E-state index in [0.717, 1.165) is 57.8 Å². The lowest BCUT2D eigenvalue weighted by Gasteiger charge is -2.22. The van der Waals surface area contributed by atoms with Crippen molar-refractivity contribution >= 4 is 11.9 Å². The molecule has 0 aliphatic carbocycles. The fourth-order valence-corrected chi connectivity index (χ4v) is 9.96. The third-order valence-corrected chi connectivity index (χ3v) is 14.9. The first-order valence-corrected chi connectivity index (χ1v) is 32.2. The predicted octanol–water partition coefficient (Wildman–Crippen LogP) is 20.4. The van der Waals surface area contributed by atoms with Crippen LogP contribution in [-0.2, 0) is 14.3 Å². The second kappa shape index (κ2) is 61.6. The van der Waals surface area contributed by atoms with Gasteiger partial charge in [-0.1, -0.05) is 288 Å². The molecule has 0 radical (unpaired) electrons. The fourth-order valence-electron chi connectivity index (χ4n) is 9.96. The van der Waals surface area contributed by atoms with Crippen LogP contribution in [0, 0.1) is 0 Å². The number of nitrogens with one attached hydrogen (secondary N) is 1. The Labute approximate surface area is 449 Å². The van der Waals surface area contributed by atoms with Crippen molar-refractivity contribution in [2.24, 2.45) is 0 Å². The van der Waals surface area contributed by atoms with Crippen molar-refractivity contribution in [2.45, 2.75) is 360 Å². The highest BCUT2D eigenvalue weighted by molar-refractivity contribution is 5.76. The Morgan fingerprint density at radius 2 is 0.694 bits per heavy atom. The van der Waals surface area contributed by atoms with Gasteiger partial charge in [0.05, 0.1) is 25.4 Å². The van der Waals surface area contributed by atoms with E-state index in [1.54, 1.807) is 0 Å². The predicted molar refractivity (Wildman–Crippen MR) is 315 cm³/mol. The molecule has 0 spiro atoms. The average molecular weight is 1010 g/mol. The number of rotatable bonds is 60. The first-order valence-electron chi connectivity index (χ1n) is 32.2. The molecule has 0 aliphatic heterocycles. The van der Waals surface area contributed by atoms with Crippen LogP contribution in [-0.4, -0.2) is 47.4 Å². The summed E-state index contributed by atoms with van der Waals surface area (Å²) in [6, 6.07) is -0.550. The zero-order valence-corrected chi connectivity index (χ0v) is 48.4. The van der Waals surface area contributed by atoms with Crippen LogP contribution in [0.4, 0.5) is 0 Å². The van der Waals surface area contributed by atoms with E-state index in [4.69, 9.17) is 4.74 Å². The Bertz CT molecular complexity index is 1170. The summed E-state index contributed by atoms with van der Waals surface area (Å²) in [5.41, 5.74) is 0. The van der Waals surface area contributed by atoms with Gasteiger partial charge in [0.15, 0.2) is 0 Å². The second-order valence-corrected chi connectivity index (χ2v) is 22.1. The lowest BCUT2D eigenvalue weighted by molar-refractivity contribution is -0.143. The quantitative estimate of drug-likeness (QED) is 0.0320. The molecule has 0 heterocycles. The summed E-state index contributed by atoms with van der Waals surface area (Å²) in [5.74, 6) is -0.0516. The topological polar surface area (TPSA) is 95.9 Å². The summed E-state index contributed by atoms with van der Waals surface area (Å²) in [5, 5.41) is 23.4. The van der Waals surface area contributed by atoms with Gasteiger partial charge in [-0.2, -0.15) is 0 Å². The van der Waals surface area contributed by atoms with E-state index < -0.39 is 12.1 Å². The number of hydrogen-bond donors (Lipinski definition) is 3. The summed E-state index contributed by atoms with van der Waals surface area (Å²) in [6.07, 6.45) is 77.2. The van der Waals surface area contributed by atoms with Crippen molar-refractivity contribution < 1.29 is 24.5 Å². The normalized spacial score (nSPS) is 12.8. The zero-order valence-electron chi connectivity index (χ0n) is 48.4. The third-order valence-electron chi connectivity index (χ3n) is 14.9. The van der Waals surface area contributed by atoms with E-state index in [-0.39, 0.29) is 18.5 Å². The number of carbonyl (C=O) groups excluding carboxylic acids is 2. The molecule has 0 aromatic heterocycles. The maximum absolute atomic E-state index is 12.5. The Morgan fingerprint density at radius 3 is 1.10 bits per heavy atom. The number of amides is 1. The van der Waals surface area contributed by atoms with Gasteiger partial charge < -0.3 is 20.3 Å². The molecule has 0 aromatic carbocycles. The highest BCUT2D eigenvalue weighted by Gasteiger charge is 2.20. The van der Waals surface area contributed by atoms with Crippen LogP contribution in [0.15, 0.2) is 36.5 Å². The molecule has 0 fully saturated rings. The lowest BCUT2D eigenvalue weighted by Crippen LogP contribution is -2.45. The van der Waals surface area contributed by atoms with Crippen molar-refractivity contribution in [3.05, 3.63) is 36.5 Å². The minimum atomic E-state index is -0.672. The first-order chi connectivity index (χ1) is 35.5. The number of hydrogen-bond acceptors (Lipinski definition) is 5. The van der Waals surface area contributed by atoms with Crippen molar-refractivity contribution in [2.75, 3.05) is 13.2 Å². The molecule has 2 unspecified atom stereocenters. The Kier molecular flexibility index (Phi) is 60.0. The highest BCUT2D eigenvalue weighted by Crippen LogP contribution is 2.18. The SMILES string of the molecule is CCCCC/C=C\C/C=C\CCCCCCCC(=O)OCCCCCCCCCC/C=C\CCCCCCCCCC(=O)NC(CO)C(O)CCCCCCCCCCCCCCCCCCCCCCC. The number of esters is 1. The van der Waals surface area contributed by atoms with Gasteiger partial charge in [0.2, 0.25) is 5.91 Å². The molecule has 0 saturated heterocycles. The van der Waals surface area contributed by atoms with E-state index >= 15 is 0 Å². The van der Waals surface area contributed by atoms with Crippen LogP contribution in [0.2, 0.25) is 0 Å². The van der Waals surface area contributed by atoms with Gasteiger partial charge in [0, 0.05) is 12.8 Å². The van der Waals surface area contributed by atoms with Crippen LogP contribution < -0.4 is 5.32 Å². The molecule has 0 bridgehead atoms. The van der Waals surface area contributed by atoms with Gasteiger partial charge in [-0.25, -0.2) is 0 Å². The third kappa shape index (κ3) is 57.4. The number of allylic oxidation sites excluding steroid dienone is 6. The van der Waals surface area contributed by atoms with E-state index in [9.17, 15) is 19.8 Å². The molecule has 424 valence electrons. The van der Waals surface area contributed by atoms with Crippen LogP contribution in [0.25, 0.3) is 0 Å². The Hall–Kier alpha value is -1.92. The van der Waals surface area contributed by atoms with Gasteiger partial charge in [0.25, 0.3) is 0 Å². The first kappa shape index (κ1) is 70.1. The molecule has 72 heavy (non-hydrogen) atoms. The van der Waals surface area contributed by atoms with Gasteiger partial charge in [0.1, 0.15) is 0 Å². The smallest absolute Gasteiger partial charge is 0.305 e. The number of aliphatic hydroxyl groups is 2. The van der Waals surface area contributed by atoms with Crippen LogP contribution in [0.5, 0.6) is 0 Å². The largest absolute Gasteiger partial charge is 0.466 e. The fraction of sp³-hybridized carbons (Fsp3) is 0.879. The minimum Gasteiger partial charge on any atom is -0.466 e. The summed E-state index contributed by atoms with van der Waals surface area (Å²) >= 11 is 0. The molecule has 3 N–H and O–H groups in total. The van der Waals surface area contributed by atoms with Crippen molar-refractivity contribution in [1.82, 2.24) is 5.32 Å². The standard InChI is InChI=1S/C66H125NO5/c1-3-5-7-9-11-13-15-17-19-20-21-22-24-27-31-34-38-42-46-50-54-58-64(69)63(62-68)67-65(70)59-55-51-47-43-39-35-32-28-25-23-26-29-33-37-41-45-49-53-57-61-72-66(71)60-56-52-48-44-40-36-30-18-16-14-12-10-8-6-4-2/h12,14,18,23,25,30,63-64,68-69H,3-11,13,15-17,19-22,24,26-29,31-62H2,1-2H3,(H,67,70)/b14-12-,25-23-,30-18-. The van der Waals surface area contributed by atoms with Crippen LogP contribution in [0.3, 0.4) is 0 Å². The lowest BCUT2D eigenvalue weighted by atomic mass is 10.0. The number of ether oxygens (including phenoxy) is 1. The molecule has 6 nitrogen and oxygen atoms in total. The number of carbonyl (C=O) groups is 2. The van der Waals surface area contributed by atoms with Gasteiger partial charge >= 0.3 is 5.97 Å². The van der Waals surface area contributed by atoms with E-state index in [1.165, 1.54) is 257 Å². The van der Waals surface area contributed by atoms with E-state index in [2.05, 4.69) is 55.6 Å². The number of unbranched alkanes of at least 4 members (excludes halogenated alkanes) is 43. The molecular weight excluding hydrogens is 887 g/mol. The van der Waals surface area contributed by atoms with E-state index in [0.29, 0.717) is 25.9 Å². The molecule has 0 saturated carbocycles.